The fourth-order valence-electron chi connectivity index (χ4n) is 1.69. The molecular weight excluding hydrogens is 168 g/mol. The number of amides is 1. The lowest BCUT2D eigenvalue weighted by atomic mass is 10.0. The van der Waals surface area contributed by atoms with Gasteiger partial charge in [-0.1, -0.05) is 6.92 Å². The van der Waals surface area contributed by atoms with E-state index in [1.165, 1.54) is 0 Å². The number of carbonyl (C=O) groups is 1. The summed E-state index contributed by atoms with van der Waals surface area (Å²) in [4.78, 5) is 12.8. The van der Waals surface area contributed by atoms with Gasteiger partial charge in [-0.3, -0.25) is 9.69 Å². The van der Waals surface area contributed by atoms with E-state index < -0.39 is 5.60 Å². The second kappa shape index (κ2) is 3.64. The molecule has 0 aliphatic carbocycles. The summed E-state index contributed by atoms with van der Waals surface area (Å²) in [5.41, 5.74) is 4.58. The Morgan fingerprint density at radius 3 is 2.77 bits per heavy atom. The van der Waals surface area contributed by atoms with E-state index in [1.54, 1.807) is 6.92 Å². The third-order valence-electron chi connectivity index (χ3n) is 2.98. The zero-order valence-electron chi connectivity index (χ0n) is 8.29. The first-order valence-electron chi connectivity index (χ1n) is 4.74. The number of carbonyl (C=O) groups excluding carboxylic acids is 1. The predicted octanol–water partition coefficient (Wildman–Crippen LogP) is -0.293. The number of primary amides is 1. The van der Waals surface area contributed by atoms with E-state index in [-0.39, 0.29) is 11.9 Å². The topological polar surface area (TPSA) is 66.6 Å². The molecule has 1 aliphatic heterocycles. The Bertz CT molecular complexity index is 208. The Kier molecular flexibility index (Phi) is 2.93. The lowest BCUT2D eigenvalue weighted by Gasteiger charge is -2.24. The lowest BCUT2D eigenvalue weighted by Crippen LogP contribution is -2.43. The van der Waals surface area contributed by atoms with Gasteiger partial charge in [0, 0.05) is 13.1 Å². The van der Waals surface area contributed by atoms with Crippen LogP contribution in [-0.2, 0) is 4.79 Å². The molecule has 4 heteroatoms. The second-order valence-corrected chi connectivity index (χ2v) is 3.88. The minimum absolute atomic E-state index is 0.263. The van der Waals surface area contributed by atoms with Gasteiger partial charge in [0.15, 0.2) is 0 Å². The van der Waals surface area contributed by atoms with Gasteiger partial charge in [0.2, 0.25) is 5.91 Å². The molecule has 4 nitrogen and oxygen atoms in total. The van der Waals surface area contributed by atoms with Crippen molar-refractivity contribution in [2.24, 2.45) is 5.73 Å². The molecule has 2 atom stereocenters. The quantitative estimate of drug-likeness (QED) is 0.636. The predicted molar refractivity (Wildman–Crippen MR) is 50.1 cm³/mol. The van der Waals surface area contributed by atoms with Gasteiger partial charge in [0.25, 0.3) is 0 Å². The molecule has 0 spiro atoms. The van der Waals surface area contributed by atoms with Crippen molar-refractivity contribution in [3.8, 4) is 0 Å². The van der Waals surface area contributed by atoms with Crippen LogP contribution in [0.2, 0.25) is 0 Å². The van der Waals surface area contributed by atoms with Crippen molar-refractivity contribution in [2.45, 2.75) is 38.3 Å². The Hall–Kier alpha value is -0.610. The van der Waals surface area contributed by atoms with Crippen molar-refractivity contribution in [1.29, 1.82) is 0 Å². The van der Waals surface area contributed by atoms with Crippen LogP contribution in [0.15, 0.2) is 0 Å². The van der Waals surface area contributed by atoms with Gasteiger partial charge in [-0.05, 0) is 19.8 Å². The number of likely N-dealkylation sites (tertiary alicyclic amines) is 1. The second-order valence-electron chi connectivity index (χ2n) is 3.88. The zero-order valence-corrected chi connectivity index (χ0v) is 8.29. The van der Waals surface area contributed by atoms with Gasteiger partial charge >= 0.3 is 0 Å². The molecule has 76 valence electrons. The van der Waals surface area contributed by atoms with Gasteiger partial charge in [0.1, 0.15) is 0 Å². The number of hydrogen-bond acceptors (Lipinski definition) is 3. The minimum atomic E-state index is -0.607. The Morgan fingerprint density at radius 2 is 2.38 bits per heavy atom. The molecule has 0 radical (unpaired) electrons. The molecule has 0 aromatic heterocycles. The average Bonchev–Trinajstić information content (AvgIpc) is 2.47. The first kappa shape index (κ1) is 10.5. The standard InChI is InChI=1S/C9H18N2O2/c1-3-9(13)4-5-11(6-9)7(2)8(10)12/h7,13H,3-6H2,1-2H3,(H2,10,12). The van der Waals surface area contributed by atoms with Crippen molar-refractivity contribution in [3.63, 3.8) is 0 Å². The molecule has 1 amide bonds. The van der Waals surface area contributed by atoms with Gasteiger partial charge in [-0.25, -0.2) is 0 Å². The third kappa shape index (κ3) is 2.19. The van der Waals surface area contributed by atoms with Gasteiger partial charge in [-0.15, -0.1) is 0 Å². The minimum Gasteiger partial charge on any atom is -0.389 e. The maximum Gasteiger partial charge on any atom is 0.234 e. The fourth-order valence-corrected chi connectivity index (χ4v) is 1.69. The highest BCUT2D eigenvalue weighted by molar-refractivity contribution is 5.79. The summed E-state index contributed by atoms with van der Waals surface area (Å²) in [5, 5.41) is 9.91. The van der Waals surface area contributed by atoms with Crippen LogP contribution < -0.4 is 5.73 Å². The molecule has 13 heavy (non-hydrogen) atoms. The largest absolute Gasteiger partial charge is 0.389 e. The molecule has 2 unspecified atom stereocenters. The summed E-state index contributed by atoms with van der Waals surface area (Å²) in [5.74, 6) is -0.319. The number of aliphatic hydroxyl groups is 1. The summed E-state index contributed by atoms with van der Waals surface area (Å²) in [6.07, 6.45) is 1.47. The van der Waals surface area contributed by atoms with E-state index in [4.69, 9.17) is 5.73 Å². The molecular formula is C9H18N2O2. The molecule has 1 saturated heterocycles. The Morgan fingerprint density at radius 1 is 1.77 bits per heavy atom. The normalized spacial score (nSPS) is 31.9. The van der Waals surface area contributed by atoms with E-state index in [0.29, 0.717) is 6.54 Å². The van der Waals surface area contributed by atoms with Gasteiger partial charge in [-0.2, -0.15) is 0 Å². The summed E-state index contributed by atoms with van der Waals surface area (Å²) in [6.45, 7) is 5.06. The molecule has 0 bridgehead atoms. The fraction of sp³-hybridized carbons (Fsp3) is 0.889. The number of β-amino-alcohol motifs (C(OH)–C–C–N with tert-alkyl or cyclic N) is 1. The molecule has 1 heterocycles. The van der Waals surface area contributed by atoms with Crippen LogP contribution in [0.25, 0.3) is 0 Å². The van der Waals surface area contributed by atoms with Crippen LogP contribution in [0.4, 0.5) is 0 Å². The highest BCUT2D eigenvalue weighted by Crippen LogP contribution is 2.25. The van der Waals surface area contributed by atoms with Crippen LogP contribution in [0.3, 0.4) is 0 Å². The molecule has 1 rings (SSSR count). The van der Waals surface area contributed by atoms with Crippen LogP contribution in [-0.4, -0.2) is 40.6 Å². The lowest BCUT2D eigenvalue weighted by molar-refractivity contribution is -0.122. The van der Waals surface area contributed by atoms with Gasteiger partial charge < -0.3 is 10.8 Å². The third-order valence-corrected chi connectivity index (χ3v) is 2.98. The van der Waals surface area contributed by atoms with Crippen molar-refractivity contribution in [2.75, 3.05) is 13.1 Å². The summed E-state index contributed by atoms with van der Waals surface area (Å²) in [7, 11) is 0. The van der Waals surface area contributed by atoms with Crippen molar-refractivity contribution < 1.29 is 9.90 Å². The van der Waals surface area contributed by atoms with Crippen molar-refractivity contribution in [3.05, 3.63) is 0 Å². The number of nitrogens with zero attached hydrogens (tertiary/aromatic N) is 1. The smallest absolute Gasteiger partial charge is 0.234 e. The molecule has 0 aromatic rings. The zero-order chi connectivity index (χ0) is 10.1. The van der Waals surface area contributed by atoms with E-state index in [9.17, 15) is 9.90 Å². The molecule has 1 aliphatic rings. The van der Waals surface area contributed by atoms with E-state index in [0.717, 1.165) is 19.4 Å². The molecule has 3 N–H and O–H groups in total. The Labute approximate surface area is 78.7 Å². The van der Waals surface area contributed by atoms with Gasteiger partial charge in [0.05, 0.1) is 11.6 Å². The highest BCUT2D eigenvalue weighted by Gasteiger charge is 2.37. The highest BCUT2D eigenvalue weighted by atomic mass is 16.3. The van der Waals surface area contributed by atoms with E-state index in [1.807, 2.05) is 11.8 Å². The van der Waals surface area contributed by atoms with Crippen LogP contribution in [0, 0.1) is 0 Å². The molecule has 0 saturated carbocycles. The number of rotatable bonds is 3. The number of hydrogen-bond donors (Lipinski definition) is 2. The summed E-state index contributed by atoms with van der Waals surface area (Å²) < 4.78 is 0. The molecule has 1 fully saturated rings. The first-order valence-corrected chi connectivity index (χ1v) is 4.74. The van der Waals surface area contributed by atoms with E-state index >= 15 is 0 Å². The van der Waals surface area contributed by atoms with E-state index in [2.05, 4.69) is 0 Å². The Balaban J connectivity index is 2.54. The van der Waals surface area contributed by atoms with Crippen LogP contribution in [0.5, 0.6) is 0 Å². The van der Waals surface area contributed by atoms with Crippen LogP contribution in [0.1, 0.15) is 26.7 Å². The average molecular weight is 186 g/mol. The number of nitrogens with two attached hydrogens (primary N) is 1. The molecule has 0 aromatic carbocycles. The maximum atomic E-state index is 10.9. The monoisotopic (exact) mass is 186 g/mol. The van der Waals surface area contributed by atoms with Crippen molar-refractivity contribution in [1.82, 2.24) is 4.90 Å². The summed E-state index contributed by atoms with van der Waals surface area (Å²) >= 11 is 0. The SMILES string of the molecule is CCC1(O)CCN(C(C)C(N)=O)C1. The maximum absolute atomic E-state index is 10.9. The van der Waals surface area contributed by atoms with Crippen molar-refractivity contribution >= 4 is 5.91 Å². The van der Waals surface area contributed by atoms with Crippen LogP contribution >= 0.6 is 0 Å². The summed E-state index contributed by atoms with van der Waals surface area (Å²) in [6, 6.07) is -0.263. The first-order chi connectivity index (χ1) is 5.98.